The Kier molecular flexibility index (Phi) is 4.44. The zero-order valence-electron chi connectivity index (χ0n) is 11.1. The van der Waals surface area contributed by atoms with Gasteiger partial charge in [0.25, 0.3) is 0 Å². The average Bonchev–Trinajstić information content (AvgIpc) is 2.34. The van der Waals surface area contributed by atoms with Crippen LogP contribution in [-0.4, -0.2) is 39.0 Å². The Morgan fingerprint density at radius 3 is 2.42 bits per heavy atom. The highest BCUT2D eigenvalue weighted by Gasteiger charge is 2.31. The van der Waals surface area contributed by atoms with Gasteiger partial charge in [-0.25, -0.2) is 8.42 Å². The van der Waals surface area contributed by atoms with Crippen molar-refractivity contribution in [3.05, 3.63) is 24.3 Å². The van der Waals surface area contributed by atoms with Crippen molar-refractivity contribution < 1.29 is 13.2 Å². The molecule has 0 amide bonds. The Hall–Kier alpha value is -1.11. The van der Waals surface area contributed by atoms with E-state index in [4.69, 9.17) is 10.5 Å². The molecule has 0 aromatic heterocycles. The van der Waals surface area contributed by atoms with Crippen molar-refractivity contribution >= 4 is 10.0 Å². The van der Waals surface area contributed by atoms with Gasteiger partial charge in [0.15, 0.2) is 0 Å². The molecule has 106 valence electrons. The number of sulfonamides is 1. The quantitative estimate of drug-likeness (QED) is 0.852. The number of hydrogen-bond donors (Lipinski definition) is 1. The van der Waals surface area contributed by atoms with Crippen LogP contribution in [0.2, 0.25) is 0 Å². The molecule has 1 fully saturated rings. The van der Waals surface area contributed by atoms with E-state index in [0.717, 1.165) is 19.3 Å². The zero-order valence-corrected chi connectivity index (χ0v) is 11.9. The predicted octanol–water partition coefficient (Wildman–Crippen LogP) is 1.20. The first kappa shape index (κ1) is 14.3. The summed E-state index contributed by atoms with van der Waals surface area (Å²) in [5, 5.41) is 0. The second-order valence-electron chi connectivity index (χ2n) is 4.71. The van der Waals surface area contributed by atoms with Gasteiger partial charge in [0.1, 0.15) is 12.4 Å². The van der Waals surface area contributed by atoms with Crippen LogP contribution in [0.5, 0.6) is 5.75 Å². The van der Waals surface area contributed by atoms with Crippen molar-refractivity contribution in [1.82, 2.24) is 4.31 Å². The van der Waals surface area contributed by atoms with Crippen molar-refractivity contribution in [2.75, 3.05) is 20.2 Å². The molecule has 1 aromatic carbocycles. The Labute approximate surface area is 114 Å². The molecule has 1 saturated carbocycles. The molecule has 2 rings (SSSR count). The summed E-state index contributed by atoms with van der Waals surface area (Å²) >= 11 is 0. The summed E-state index contributed by atoms with van der Waals surface area (Å²) in [6.07, 6.45) is 3.01. The van der Waals surface area contributed by atoms with Gasteiger partial charge in [0.05, 0.1) is 4.90 Å². The maximum atomic E-state index is 12.4. The lowest BCUT2D eigenvalue weighted by molar-refractivity contribution is 0.249. The number of nitrogens with two attached hydrogens (primary N) is 1. The maximum Gasteiger partial charge on any atom is 0.243 e. The molecule has 0 atom stereocenters. The lowest BCUT2D eigenvalue weighted by atomic mass is 9.94. The van der Waals surface area contributed by atoms with Crippen molar-refractivity contribution in [2.24, 2.45) is 5.73 Å². The van der Waals surface area contributed by atoms with Crippen LogP contribution in [0.4, 0.5) is 0 Å². The van der Waals surface area contributed by atoms with Crippen LogP contribution in [0.25, 0.3) is 0 Å². The van der Waals surface area contributed by atoms with E-state index >= 15 is 0 Å². The van der Waals surface area contributed by atoms with Crippen LogP contribution in [0, 0.1) is 0 Å². The molecule has 0 unspecified atom stereocenters. The first-order valence-corrected chi connectivity index (χ1v) is 7.90. The van der Waals surface area contributed by atoms with E-state index in [1.54, 1.807) is 31.3 Å². The van der Waals surface area contributed by atoms with Crippen LogP contribution in [0.15, 0.2) is 29.2 Å². The minimum absolute atomic E-state index is 0.151. The molecule has 2 N–H and O–H groups in total. The van der Waals surface area contributed by atoms with Gasteiger partial charge in [0.2, 0.25) is 10.0 Å². The van der Waals surface area contributed by atoms with E-state index in [1.165, 1.54) is 4.31 Å². The van der Waals surface area contributed by atoms with Crippen molar-refractivity contribution in [3.63, 3.8) is 0 Å². The first-order valence-electron chi connectivity index (χ1n) is 6.46. The van der Waals surface area contributed by atoms with E-state index in [9.17, 15) is 8.42 Å². The minimum Gasteiger partial charge on any atom is -0.492 e. The summed E-state index contributed by atoms with van der Waals surface area (Å²) in [6, 6.07) is 6.64. The summed E-state index contributed by atoms with van der Waals surface area (Å²) in [4.78, 5) is 0.307. The Morgan fingerprint density at radius 1 is 1.32 bits per heavy atom. The molecular weight excluding hydrogens is 264 g/mol. The smallest absolute Gasteiger partial charge is 0.243 e. The molecule has 1 aromatic rings. The molecule has 19 heavy (non-hydrogen) atoms. The van der Waals surface area contributed by atoms with Crippen LogP contribution in [-0.2, 0) is 10.0 Å². The van der Waals surface area contributed by atoms with Gasteiger partial charge in [-0.1, -0.05) is 6.42 Å². The van der Waals surface area contributed by atoms with Crippen LogP contribution >= 0.6 is 0 Å². The summed E-state index contributed by atoms with van der Waals surface area (Å²) in [5.41, 5.74) is 5.34. The summed E-state index contributed by atoms with van der Waals surface area (Å²) in [7, 11) is -1.73. The van der Waals surface area contributed by atoms with E-state index in [1.807, 2.05) is 0 Å². The highest BCUT2D eigenvalue weighted by molar-refractivity contribution is 7.89. The normalized spacial score (nSPS) is 16.4. The monoisotopic (exact) mass is 284 g/mol. The number of hydrogen-bond acceptors (Lipinski definition) is 4. The second kappa shape index (κ2) is 5.90. The predicted molar refractivity (Wildman–Crippen MR) is 73.6 cm³/mol. The van der Waals surface area contributed by atoms with Crippen LogP contribution < -0.4 is 10.5 Å². The second-order valence-corrected chi connectivity index (χ2v) is 6.71. The number of nitrogens with zero attached hydrogens (tertiary/aromatic N) is 1. The molecule has 1 aliphatic carbocycles. The highest BCUT2D eigenvalue weighted by atomic mass is 32.2. The lowest BCUT2D eigenvalue weighted by Gasteiger charge is -2.33. The zero-order chi connectivity index (χ0) is 13.9. The average molecular weight is 284 g/mol. The van der Waals surface area contributed by atoms with Gasteiger partial charge in [-0.15, -0.1) is 0 Å². The van der Waals surface area contributed by atoms with Crippen LogP contribution in [0.3, 0.4) is 0 Å². The van der Waals surface area contributed by atoms with Crippen molar-refractivity contribution in [1.29, 1.82) is 0 Å². The fourth-order valence-electron chi connectivity index (χ4n) is 2.00. The molecule has 0 spiro atoms. The highest BCUT2D eigenvalue weighted by Crippen LogP contribution is 2.28. The molecule has 0 aliphatic heterocycles. The Bertz CT molecular complexity index is 509. The van der Waals surface area contributed by atoms with E-state index in [-0.39, 0.29) is 6.04 Å². The number of ether oxygens (including phenoxy) is 1. The summed E-state index contributed by atoms with van der Waals surface area (Å²) in [6.45, 7) is 0.860. The molecule has 6 heteroatoms. The number of rotatable bonds is 6. The maximum absolute atomic E-state index is 12.4. The van der Waals surface area contributed by atoms with Crippen molar-refractivity contribution in [3.8, 4) is 5.75 Å². The molecular formula is C13H20N2O3S. The largest absolute Gasteiger partial charge is 0.492 e. The van der Waals surface area contributed by atoms with Crippen LogP contribution in [0.1, 0.15) is 19.3 Å². The SMILES string of the molecule is CN(C1CCC1)S(=O)(=O)c1ccc(OCCN)cc1. The number of benzene rings is 1. The van der Waals surface area contributed by atoms with E-state index < -0.39 is 10.0 Å². The molecule has 5 nitrogen and oxygen atoms in total. The topological polar surface area (TPSA) is 72.6 Å². The Balaban J connectivity index is 2.11. The van der Waals surface area contributed by atoms with E-state index in [2.05, 4.69) is 0 Å². The van der Waals surface area contributed by atoms with Gasteiger partial charge in [0, 0.05) is 19.6 Å². The summed E-state index contributed by atoms with van der Waals surface area (Å²) < 4.78 is 31.5. The van der Waals surface area contributed by atoms with Gasteiger partial charge in [-0.2, -0.15) is 4.31 Å². The van der Waals surface area contributed by atoms with Crippen molar-refractivity contribution in [2.45, 2.75) is 30.2 Å². The third-order valence-corrected chi connectivity index (χ3v) is 5.40. The molecule has 0 bridgehead atoms. The molecule has 0 radical (unpaired) electrons. The molecule has 1 aliphatic rings. The Morgan fingerprint density at radius 2 is 1.95 bits per heavy atom. The fourth-order valence-corrected chi connectivity index (χ4v) is 3.41. The third kappa shape index (κ3) is 3.08. The van der Waals surface area contributed by atoms with Gasteiger partial charge in [-0.05, 0) is 37.1 Å². The first-order chi connectivity index (χ1) is 9.05. The lowest BCUT2D eigenvalue weighted by Crippen LogP contribution is -2.41. The summed E-state index contributed by atoms with van der Waals surface area (Å²) in [5.74, 6) is 0.635. The fraction of sp³-hybridized carbons (Fsp3) is 0.538. The minimum atomic E-state index is -3.38. The van der Waals surface area contributed by atoms with Gasteiger partial charge >= 0.3 is 0 Å². The standard InChI is InChI=1S/C13H20N2O3S/c1-15(11-3-2-4-11)19(16,17)13-7-5-12(6-8-13)18-10-9-14/h5-8,11H,2-4,9-10,14H2,1H3. The third-order valence-electron chi connectivity index (χ3n) is 3.48. The van der Waals surface area contributed by atoms with E-state index in [0.29, 0.717) is 23.8 Å². The van der Waals surface area contributed by atoms with Gasteiger partial charge in [-0.3, -0.25) is 0 Å². The van der Waals surface area contributed by atoms with Gasteiger partial charge < -0.3 is 10.5 Å². The molecule has 0 heterocycles. The molecule has 0 saturated heterocycles.